The fourth-order valence-electron chi connectivity index (χ4n) is 4.88. The van der Waals surface area contributed by atoms with E-state index < -0.39 is 5.60 Å². The molecule has 0 bridgehead atoms. The molecule has 1 atom stereocenters. The molecule has 3 heterocycles. The van der Waals surface area contributed by atoms with Crippen LogP contribution in [-0.2, 0) is 17.7 Å². The van der Waals surface area contributed by atoms with E-state index in [1.807, 2.05) is 43.4 Å². The average Bonchev–Trinajstić information content (AvgIpc) is 3.52. The standard InChI is InChI=1S/C27H32FIN7O3PS/c1-5-17-14-19(37)7-9-20(17)18-6-8-21-22(15-18)35(40-29)32-24(21)25-30-23(31-36(25)41-28)16-33-10-12-34(13-11-33)26(38)39-27(2,3)4/h6-9,14-15,37,40H,5,10-13,16H2,1-4H3. The molecule has 5 rings (SSSR count). The number of aromatic hydroxyl groups is 1. The second-order valence-corrected chi connectivity index (χ2v) is 13.3. The summed E-state index contributed by atoms with van der Waals surface area (Å²) in [7, 11) is 0. The van der Waals surface area contributed by atoms with Gasteiger partial charge < -0.3 is 14.7 Å². The third kappa shape index (κ3) is 6.63. The number of hydrogen-bond donors (Lipinski definition) is 1. The minimum absolute atomic E-state index is 0.00308. The number of aromatic nitrogens is 5. The first-order valence-corrected chi connectivity index (χ1v) is 18.0. The van der Waals surface area contributed by atoms with Gasteiger partial charge in [0.2, 0.25) is 0 Å². The molecule has 0 spiro atoms. The molecule has 2 aromatic heterocycles. The second-order valence-electron chi connectivity index (χ2n) is 10.8. The van der Waals surface area contributed by atoms with E-state index in [1.165, 1.54) is 4.09 Å². The van der Waals surface area contributed by atoms with Crippen molar-refractivity contribution in [1.29, 1.82) is 0 Å². The molecular weight excluding hydrogens is 679 g/mol. The average molecular weight is 712 g/mol. The number of phenolic OH excluding ortho intramolecular Hbond substituents is 1. The minimum atomic E-state index is -0.536. The third-order valence-electron chi connectivity index (χ3n) is 6.83. The van der Waals surface area contributed by atoms with Crippen LogP contribution in [-0.4, -0.2) is 76.5 Å². The van der Waals surface area contributed by atoms with Gasteiger partial charge in [0.25, 0.3) is 0 Å². The van der Waals surface area contributed by atoms with E-state index >= 15 is 0 Å². The molecule has 4 aromatic rings. The molecular formula is C27H32FIN7O3PS. The summed E-state index contributed by atoms with van der Waals surface area (Å²) in [5.74, 6) is 1.09. The number of ether oxygens (including phenoxy) is 1. The van der Waals surface area contributed by atoms with Gasteiger partial charge in [-0.2, -0.15) is 9.19 Å². The lowest BCUT2D eigenvalue weighted by Gasteiger charge is -2.35. The van der Waals surface area contributed by atoms with E-state index in [-0.39, 0.29) is 24.2 Å². The first-order valence-electron chi connectivity index (χ1n) is 13.3. The number of nitrogens with zero attached hydrogens (tertiary/aromatic N) is 7. The molecule has 218 valence electrons. The smallest absolute Gasteiger partial charge is 0.410 e. The van der Waals surface area contributed by atoms with Gasteiger partial charge in [-0.15, -0.1) is 8.98 Å². The van der Waals surface area contributed by atoms with Crippen molar-refractivity contribution in [3.63, 3.8) is 0 Å². The Balaban J connectivity index is 1.39. The molecule has 1 unspecified atom stereocenters. The maximum atomic E-state index is 14.1. The number of rotatable bonds is 7. The van der Waals surface area contributed by atoms with Gasteiger partial charge in [-0.1, -0.05) is 19.1 Å². The quantitative estimate of drug-likeness (QED) is 0.173. The van der Waals surface area contributed by atoms with Crippen molar-refractivity contribution in [2.24, 2.45) is 0 Å². The molecule has 10 nitrogen and oxygen atoms in total. The Morgan fingerprint density at radius 3 is 2.56 bits per heavy atom. The Kier molecular flexibility index (Phi) is 9.07. The Hall–Kier alpha value is -2.48. The van der Waals surface area contributed by atoms with Crippen LogP contribution in [0.5, 0.6) is 5.75 Å². The summed E-state index contributed by atoms with van der Waals surface area (Å²) in [5.41, 5.74) is 4.07. The molecule has 1 aliphatic rings. The first-order chi connectivity index (χ1) is 19.6. The van der Waals surface area contributed by atoms with Gasteiger partial charge >= 0.3 is 6.09 Å². The van der Waals surface area contributed by atoms with Crippen LogP contribution in [0.4, 0.5) is 8.68 Å². The molecule has 1 saturated heterocycles. The maximum absolute atomic E-state index is 14.1. The Morgan fingerprint density at radius 2 is 1.90 bits per heavy atom. The predicted molar refractivity (Wildman–Crippen MR) is 170 cm³/mol. The highest BCUT2D eigenvalue weighted by atomic mass is 127. The zero-order valence-electron chi connectivity index (χ0n) is 23.3. The van der Waals surface area contributed by atoms with Crippen LogP contribution in [0.25, 0.3) is 33.5 Å². The van der Waals surface area contributed by atoms with Crippen molar-refractivity contribution in [3.8, 4) is 28.4 Å². The van der Waals surface area contributed by atoms with Crippen molar-refractivity contribution in [2.75, 3.05) is 26.2 Å². The number of benzene rings is 2. The van der Waals surface area contributed by atoms with E-state index in [4.69, 9.17) is 14.8 Å². The maximum Gasteiger partial charge on any atom is 0.410 e. The normalized spacial score (nSPS) is 14.9. The van der Waals surface area contributed by atoms with E-state index in [2.05, 4.69) is 45.0 Å². The van der Waals surface area contributed by atoms with Crippen LogP contribution >= 0.6 is 40.7 Å². The van der Waals surface area contributed by atoms with Crippen LogP contribution in [0.2, 0.25) is 0 Å². The Bertz CT molecular complexity index is 1570. The molecule has 1 fully saturated rings. The van der Waals surface area contributed by atoms with Crippen molar-refractivity contribution in [3.05, 3.63) is 47.8 Å². The number of phenols is 1. The number of halogens is 2. The molecule has 2 aromatic carbocycles. The van der Waals surface area contributed by atoms with Crippen molar-refractivity contribution < 1.29 is 18.5 Å². The number of hydrogen-bond acceptors (Lipinski definition) is 8. The van der Waals surface area contributed by atoms with Crippen molar-refractivity contribution in [1.82, 2.24) is 33.5 Å². The molecule has 41 heavy (non-hydrogen) atoms. The summed E-state index contributed by atoms with van der Waals surface area (Å²) in [4.78, 5) is 21.0. The minimum Gasteiger partial charge on any atom is -0.508 e. The molecule has 1 aliphatic heterocycles. The van der Waals surface area contributed by atoms with Crippen LogP contribution in [0, 0.1) is 0 Å². The highest BCUT2D eigenvalue weighted by Crippen LogP contribution is 2.38. The number of carbonyl (C=O) groups is 1. The lowest BCUT2D eigenvalue weighted by molar-refractivity contribution is 0.0137. The summed E-state index contributed by atoms with van der Waals surface area (Å²) in [6.07, 6.45) is 0.801. The topological polar surface area (TPSA) is 102 Å². The SMILES string of the molecule is CCc1cc(O)ccc1-c1ccc2c(-c3nc(CN4CCN(C(=O)OC(C)(C)C)CC4)nn3SF)nn(PI)c2c1. The summed E-state index contributed by atoms with van der Waals surface area (Å²) < 4.78 is 22.6. The third-order valence-corrected chi connectivity index (χ3v) is 9.09. The molecule has 0 aliphatic carbocycles. The van der Waals surface area contributed by atoms with Gasteiger partial charge in [-0.25, -0.2) is 14.2 Å². The summed E-state index contributed by atoms with van der Waals surface area (Å²) in [6.45, 7) is 10.4. The number of amides is 1. The number of fused-ring (bicyclic) bond motifs is 1. The van der Waals surface area contributed by atoms with Crippen LogP contribution in [0.3, 0.4) is 0 Å². The zero-order chi connectivity index (χ0) is 29.3. The van der Waals surface area contributed by atoms with Crippen LogP contribution in [0.15, 0.2) is 36.4 Å². The van der Waals surface area contributed by atoms with Gasteiger partial charge in [0.05, 0.1) is 18.4 Å². The van der Waals surface area contributed by atoms with Gasteiger partial charge in [-0.3, -0.25) is 4.90 Å². The van der Waals surface area contributed by atoms with Crippen LogP contribution in [0.1, 0.15) is 39.1 Å². The van der Waals surface area contributed by atoms with Crippen molar-refractivity contribution >= 4 is 57.7 Å². The number of aryl methyl sites for hydroxylation is 1. The predicted octanol–water partition coefficient (Wildman–Crippen LogP) is 6.45. The largest absolute Gasteiger partial charge is 0.508 e. The van der Waals surface area contributed by atoms with Gasteiger partial charge in [0.15, 0.2) is 24.0 Å². The molecule has 0 radical (unpaired) electrons. The van der Waals surface area contributed by atoms with Gasteiger partial charge in [-0.05, 0) is 90.2 Å². The molecule has 14 heteroatoms. The summed E-state index contributed by atoms with van der Waals surface area (Å²) in [6, 6.07) is 11.5. The van der Waals surface area contributed by atoms with Gasteiger partial charge in [0.1, 0.15) is 17.0 Å². The Labute approximate surface area is 257 Å². The fraction of sp³-hybridized carbons (Fsp3) is 0.407. The van der Waals surface area contributed by atoms with Crippen LogP contribution < -0.4 is 0 Å². The highest BCUT2D eigenvalue weighted by Gasteiger charge is 2.27. The van der Waals surface area contributed by atoms with E-state index in [0.29, 0.717) is 56.4 Å². The lowest BCUT2D eigenvalue weighted by Crippen LogP contribution is -2.49. The number of piperazine rings is 1. The van der Waals surface area contributed by atoms with E-state index in [9.17, 15) is 13.8 Å². The van der Waals surface area contributed by atoms with Crippen molar-refractivity contribution in [2.45, 2.75) is 46.3 Å². The van der Waals surface area contributed by atoms with Gasteiger partial charge in [0, 0.05) is 31.6 Å². The molecule has 1 N–H and O–H groups in total. The molecule has 0 saturated carbocycles. The Morgan fingerprint density at radius 1 is 1.15 bits per heavy atom. The fourth-order valence-corrected chi connectivity index (χ4v) is 6.71. The van der Waals surface area contributed by atoms with E-state index in [1.54, 1.807) is 17.0 Å². The van der Waals surface area contributed by atoms with E-state index in [0.717, 1.165) is 34.0 Å². The summed E-state index contributed by atoms with van der Waals surface area (Å²) >= 11 is 2.28. The number of carbonyl (C=O) groups excluding carboxylic acids is 1. The monoisotopic (exact) mass is 711 g/mol. The molecule has 1 amide bonds. The summed E-state index contributed by atoms with van der Waals surface area (Å²) in [5, 5.41) is 20.0. The lowest BCUT2D eigenvalue weighted by atomic mass is 9.97. The zero-order valence-corrected chi connectivity index (χ0v) is 27.2. The highest BCUT2D eigenvalue weighted by molar-refractivity contribution is 14.2. The second kappa shape index (κ2) is 12.4. The first kappa shape index (κ1) is 30.0.